The van der Waals surface area contributed by atoms with Crippen LogP contribution in [0.25, 0.3) is 11.3 Å². The van der Waals surface area contributed by atoms with Crippen LogP contribution in [0.5, 0.6) is 11.5 Å². The first-order valence-corrected chi connectivity index (χ1v) is 12.6. The van der Waals surface area contributed by atoms with Crippen LogP contribution in [0.1, 0.15) is 31.1 Å². The standard InChI is InChI=1S/C29H29F3N6O4/c1-28(2,3)38-26(34-20-6-5-7-22(16-20)41-4)23(25(33)39)24(37-38)17-8-10-18(11-9-17)35-27(40)36-19-12-14-21(15-13-19)42-29(30,31)32/h5-16,34H,1-4H3,(H2,33,39)(H2,35,36,40). The van der Waals surface area contributed by atoms with Gasteiger partial charge in [0, 0.05) is 28.7 Å². The molecule has 220 valence electrons. The van der Waals surface area contributed by atoms with E-state index in [2.05, 4.69) is 20.7 Å². The SMILES string of the molecule is COc1cccc(Nc2c(C(N)=O)c(-c3ccc(NC(=O)Nc4ccc(OC(F)(F)F)cc4)cc3)nn2C(C)(C)C)c1. The number of rotatable bonds is 8. The molecule has 0 radical (unpaired) electrons. The van der Waals surface area contributed by atoms with Gasteiger partial charge >= 0.3 is 12.4 Å². The number of nitrogens with zero attached hydrogens (tertiary/aromatic N) is 2. The number of nitrogens with two attached hydrogens (primary N) is 1. The quantitative estimate of drug-likeness (QED) is 0.183. The van der Waals surface area contributed by atoms with Crippen LogP contribution in [0.3, 0.4) is 0 Å². The predicted molar refractivity (Wildman–Crippen MR) is 153 cm³/mol. The molecule has 0 saturated carbocycles. The summed E-state index contributed by atoms with van der Waals surface area (Å²) in [7, 11) is 1.56. The number of benzene rings is 3. The van der Waals surface area contributed by atoms with Gasteiger partial charge < -0.3 is 31.2 Å². The Morgan fingerprint density at radius 3 is 1.98 bits per heavy atom. The van der Waals surface area contributed by atoms with Crippen LogP contribution in [0.4, 0.5) is 40.8 Å². The van der Waals surface area contributed by atoms with Crippen molar-refractivity contribution in [2.45, 2.75) is 32.7 Å². The number of carbonyl (C=O) groups excluding carboxylic acids is 2. The summed E-state index contributed by atoms with van der Waals surface area (Å²) in [6.45, 7) is 5.81. The molecule has 0 bridgehead atoms. The number of primary amides is 1. The average molecular weight is 583 g/mol. The number of alkyl halides is 3. The van der Waals surface area contributed by atoms with Gasteiger partial charge in [0.2, 0.25) is 0 Å². The molecular formula is C29H29F3N6O4. The van der Waals surface area contributed by atoms with E-state index in [0.717, 1.165) is 12.1 Å². The molecule has 0 saturated heterocycles. The number of carbonyl (C=O) groups is 2. The maximum atomic E-state index is 12.7. The van der Waals surface area contributed by atoms with E-state index in [1.807, 2.05) is 32.9 Å². The molecular weight excluding hydrogens is 553 g/mol. The van der Waals surface area contributed by atoms with E-state index in [4.69, 9.17) is 15.6 Å². The maximum Gasteiger partial charge on any atom is 0.573 e. The smallest absolute Gasteiger partial charge is 0.497 e. The molecule has 0 fully saturated rings. The van der Waals surface area contributed by atoms with E-state index in [1.165, 1.54) is 12.1 Å². The van der Waals surface area contributed by atoms with Crippen LogP contribution in [0.2, 0.25) is 0 Å². The molecule has 4 rings (SSSR count). The predicted octanol–water partition coefficient (Wildman–Crippen LogP) is 6.70. The third kappa shape index (κ3) is 7.30. The summed E-state index contributed by atoms with van der Waals surface area (Å²) in [4.78, 5) is 25.2. The molecule has 1 heterocycles. The fourth-order valence-electron chi connectivity index (χ4n) is 4.04. The monoisotopic (exact) mass is 582 g/mol. The van der Waals surface area contributed by atoms with Gasteiger partial charge in [-0.05, 0) is 69.3 Å². The summed E-state index contributed by atoms with van der Waals surface area (Å²) < 4.78 is 47.8. The average Bonchev–Trinajstić information content (AvgIpc) is 3.29. The van der Waals surface area contributed by atoms with Crippen molar-refractivity contribution in [3.05, 3.63) is 78.4 Å². The number of ether oxygens (including phenoxy) is 2. The highest BCUT2D eigenvalue weighted by Crippen LogP contribution is 2.35. The lowest BCUT2D eigenvalue weighted by atomic mass is 10.1. The van der Waals surface area contributed by atoms with Crippen molar-refractivity contribution >= 4 is 34.8 Å². The molecule has 0 atom stereocenters. The van der Waals surface area contributed by atoms with Crippen molar-refractivity contribution < 1.29 is 32.2 Å². The number of halogens is 3. The van der Waals surface area contributed by atoms with E-state index in [9.17, 15) is 22.8 Å². The molecule has 0 aliphatic heterocycles. The summed E-state index contributed by atoms with van der Waals surface area (Å²) in [5.41, 5.74) is 7.76. The van der Waals surface area contributed by atoms with Gasteiger partial charge in [0.25, 0.3) is 5.91 Å². The van der Waals surface area contributed by atoms with E-state index < -0.39 is 29.6 Å². The van der Waals surface area contributed by atoms with Gasteiger partial charge in [-0.2, -0.15) is 5.10 Å². The summed E-state index contributed by atoms with van der Waals surface area (Å²) in [5.74, 6) is -0.0528. The van der Waals surface area contributed by atoms with Crippen LogP contribution in [0, 0.1) is 0 Å². The van der Waals surface area contributed by atoms with E-state index >= 15 is 0 Å². The lowest BCUT2D eigenvalue weighted by molar-refractivity contribution is -0.274. The van der Waals surface area contributed by atoms with Crippen molar-refractivity contribution in [1.29, 1.82) is 0 Å². The first-order chi connectivity index (χ1) is 19.7. The molecule has 1 aromatic heterocycles. The highest BCUT2D eigenvalue weighted by molar-refractivity contribution is 6.04. The number of nitrogens with one attached hydrogen (secondary N) is 3. The second kappa shape index (κ2) is 11.7. The molecule has 3 amide bonds. The first kappa shape index (κ1) is 29.8. The van der Waals surface area contributed by atoms with Gasteiger partial charge in [-0.3, -0.25) is 4.79 Å². The Kier molecular flexibility index (Phi) is 8.31. The topological polar surface area (TPSA) is 133 Å². The lowest BCUT2D eigenvalue weighted by Crippen LogP contribution is -2.25. The second-order valence-corrected chi connectivity index (χ2v) is 10.1. The number of hydrogen-bond acceptors (Lipinski definition) is 6. The Labute approximate surface area is 239 Å². The van der Waals surface area contributed by atoms with Crippen molar-refractivity contribution in [2.24, 2.45) is 5.73 Å². The number of amides is 3. The number of methoxy groups -OCH3 is 1. The molecule has 10 nitrogen and oxygen atoms in total. The van der Waals surface area contributed by atoms with Gasteiger partial charge in [0.1, 0.15) is 28.6 Å². The normalized spacial score (nSPS) is 11.5. The molecule has 4 aromatic rings. The van der Waals surface area contributed by atoms with E-state index in [-0.39, 0.29) is 11.3 Å². The van der Waals surface area contributed by atoms with Gasteiger partial charge in [-0.1, -0.05) is 18.2 Å². The van der Waals surface area contributed by atoms with Gasteiger partial charge in [0.15, 0.2) is 0 Å². The summed E-state index contributed by atoms with van der Waals surface area (Å²) in [6.07, 6.45) is -4.81. The third-order valence-corrected chi connectivity index (χ3v) is 5.86. The number of urea groups is 1. The molecule has 13 heteroatoms. The van der Waals surface area contributed by atoms with Crippen LogP contribution in [0.15, 0.2) is 72.8 Å². The van der Waals surface area contributed by atoms with E-state index in [1.54, 1.807) is 48.2 Å². The number of anilines is 4. The molecule has 0 aliphatic carbocycles. The van der Waals surface area contributed by atoms with Crippen LogP contribution in [-0.4, -0.2) is 35.2 Å². The van der Waals surface area contributed by atoms with Crippen molar-refractivity contribution in [2.75, 3.05) is 23.1 Å². The Balaban J connectivity index is 1.56. The van der Waals surface area contributed by atoms with Crippen LogP contribution >= 0.6 is 0 Å². The molecule has 0 aliphatic rings. The third-order valence-electron chi connectivity index (χ3n) is 5.86. The maximum absolute atomic E-state index is 12.7. The largest absolute Gasteiger partial charge is 0.573 e. The second-order valence-electron chi connectivity index (χ2n) is 10.1. The van der Waals surface area contributed by atoms with Gasteiger partial charge in [0.05, 0.1) is 12.6 Å². The van der Waals surface area contributed by atoms with Crippen molar-refractivity contribution in [3.8, 4) is 22.8 Å². The first-order valence-electron chi connectivity index (χ1n) is 12.6. The fourth-order valence-corrected chi connectivity index (χ4v) is 4.04. The van der Waals surface area contributed by atoms with Crippen molar-refractivity contribution in [3.63, 3.8) is 0 Å². The minimum atomic E-state index is -4.81. The highest BCUT2D eigenvalue weighted by Gasteiger charge is 2.31. The molecule has 0 spiro atoms. The Bertz CT molecular complexity index is 1580. The summed E-state index contributed by atoms with van der Waals surface area (Å²) >= 11 is 0. The van der Waals surface area contributed by atoms with Gasteiger partial charge in [-0.25, -0.2) is 9.48 Å². The fraction of sp³-hybridized carbons (Fsp3) is 0.207. The van der Waals surface area contributed by atoms with Gasteiger partial charge in [-0.15, -0.1) is 13.2 Å². The minimum absolute atomic E-state index is 0.184. The lowest BCUT2D eigenvalue weighted by Gasteiger charge is -2.23. The van der Waals surface area contributed by atoms with Crippen molar-refractivity contribution in [1.82, 2.24) is 9.78 Å². The zero-order chi connectivity index (χ0) is 30.7. The Morgan fingerprint density at radius 1 is 0.857 bits per heavy atom. The molecule has 0 unspecified atom stereocenters. The van der Waals surface area contributed by atoms with Crippen LogP contribution < -0.4 is 31.2 Å². The summed E-state index contributed by atoms with van der Waals surface area (Å²) in [5, 5.41) is 13.2. The number of aromatic nitrogens is 2. The molecule has 42 heavy (non-hydrogen) atoms. The summed E-state index contributed by atoms with van der Waals surface area (Å²) in [6, 6.07) is 17.9. The Morgan fingerprint density at radius 2 is 1.45 bits per heavy atom. The van der Waals surface area contributed by atoms with Crippen LogP contribution in [-0.2, 0) is 5.54 Å². The molecule has 5 N–H and O–H groups in total. The minimum Gasteiger partial charge on any atom is -0.497 e. The number of hydrogen-bond donors (Lipinski definition) is 4. The molecule has 3 aromatic carbocycles. The zero-order valence-electron chi connectivity index (χ0n) is 23.2. The zero-order valence-corrected chi connectivity index (χ0v) is 23.2. The highest BCUT2D eigenvalue weighted by atomic mass is 19.4. The Hall–Kier alpha value is -5.20. The van der Waals surface area contributed by atoms with E-state index in [0.29, 0.717) is 34.2 Å².